The number of nitrogens with one attached hydrogen (secondary N) is 1. The smallest absolute Gasteiger partial charge is 0.248 e. The van der Waals surface area contributed by atoms with Gasteiger partial charge in [-0.2, -0.15) is 0 Å². The van der Waals surface area contributed by atoms with E-state index in [4.69, 9.17) is 30.6 Å². The molecule has 10 nitrogen and oxygen atoms in total. The first-order valence-electron chi connectivity index (χ1n) is 12.1. The van der Waals surface area contributed by atoms with Gasteiger partial charge in [-0.25, -0.2) is 9.97 Å². The van der Waals surface area contributed by atoms with Gasteiger partial charge in [0.05, 0.1) is 23.4 Å². The molecule has 0 aliphatic carbocycles. The van der Waals surface area contributed by atoms with E-state index in [1.165, 1.54) is 11.1 Å². The minimum Gasteiger partial charge on any atom is -0.398 e. The van der Waals surface area contributed by atoms with Crippen LogP contribution in [0.15, 0.2) is 24.3 Å². The molecule has 1 aromatic carbocycles. The fourth-order valence-electron chi connectivity index (χ4n) is 4.68. The molecule has 3 N–H and O–H groups in total. The number of hydrogen-bond donors (Lipinski definition) is 2. The number of piperazine rings is 1. The summed E-state index contributed by atoms with van der Waals surface area (Å²) >= 11 is 1.72. The number of nitrogens with zero attached hydrogens (tertiary/aromatic N) is 5. The molecule has 0 saturated carbocycles. The van der Waals surface area contributed by atoms with Crippen molar-refractivity contribution in [2.75, 3.05) is 76.8 Å². The van der Waals surface area contributed by atoms with Crippen molar-refractivity contribution in [2.45, 2.75) is 6.54 Å². The van der Waals surface area contributed by atoms with Gasteiger partial charge in [0, 0.05) is 80.8 Å². The Balaban J connectivity index is 1.45. The van der Waals surface area contributed by atoms with Gasteiger partial charge < -0.3 is 30.4 Å². The van der Waals surface area contributed by atoms with Gasteiger partial charge in [-0.1, -0.05) is 12.1 Å². The van der Waals surface area contributed by atoms with E-state index in [2.05, 4.69) is 15.9 Å². The Kier molecular flexibility index (Phi) is 7.42. The highest BCUT2D eigenvalue weighted by atomic mass is 32.1. The van der Waals surface area contributed by atoms with E-state index in [0.29, 0.717) is 43.4 Å². The number of anilines is 2. The molecule has 4 heterocycles. The van der Waals surface area contributed by atoms with Crippen molar-refractivity contribution in [3.63, 3.8) is 0 Å². The number of amides is 1. The lowest BCUT2D eigenvalue weighted by Gasteiger charge is -2.34. The SMILES string of the molecule is COCC(=O)N1CCN(Cc2cc3nc(-c4cccc(N)c4C=N)nc(N4CCOCC4)c3s2)CC1. The van der Waals surface area contributed by atoms with Crippen LogP contribution in [-0.2, 0) is 20.8 Å². The number of thiophene rings is 1. The van der Waals surface area contributed by atoms with Gasteiger partial charge in [0.15, 0.2) is 11.6 Å². The number of nitrogens with two attached hydrogens (primary N) is 1. The summed E-state index contributed by atoms with van der Waals surface area (Å²) in [7, 11) is 1.55. The lowest BCUT2D eigenvalue weighted by atomic mass is 10.1. The van der Waals surface area contributed by atoms with Crippen LogP contribution >= 0.6 is 11.3 Å². The second kappa shape index (κ2) is 10.9. The van der Waals surface area contributed by atoms with E-state index >= 15 is 0 Å². The Morgan fingerprint density at radius 1 is 1.19 bits per heavy atom. The van der Waals surface area contributed by atoms with Crippen molar-refractivity contribution >= 4 is 45.2 Å². The Labute approximate surface area is 214 Å². The molecule has 2 aliphatic heterocycles. The fraction of sp³-hybridized carbons (Fsp3) is 0.440. The minimum absolute atomic E-state index is 0.0443. The van der Waals surface area contributed by atoms with E-state index in [-0.39, 0.29) is 12.5 Å². The first-order valence-corrected chi connectivity index (χ1v) is 12.9. The average Bonchev–Trinajstić information content (AvgIpc) is 3.31. The van der Waals surface area contributed by atoms with Gasteiger partial charge >= 0.3 is 0 Å². The number of ether oxygens (including phenoxy) is 2. The van der Waals surface area contributed by atoms with Crippen LogP contribution in [0.4, 0.5) is 11.5 Å². The highest BCUT2D eigenvalue weighted by molar-refractivity contribution is 7.19. The van der Waals surface area contributed by atoms with Crippen LogP contribution in [0.2, 0.25) is 0 Å². The normalized spacial score (nSPS) is 17.0. The predicted octanol–water partition coefficient (Wildman–Crippen LogP) is 2.07. The molecule has 2 fully saturated rings. The number of hydrogen-bond acceptors (Lipinski definition) is 10. The Bertz CT molecular complexity index is 1250. The van der Waals surface area contributed by atoms with Crippen molar-refractivity contribution in [3.05, 3.63) is 34.7 Å². The fourth-order valence-corrected chi connectivity index (χ4v) is 5.84. The summed E-state index contributed by atoms with van der Waals surface area (Å²) in [4.78, 5) is 29.7. The molecular weight excluding hydrogens is 478 g/mol. The summed E-state index contributed by atoms with van der Waals surface area (Å²) in [5.41, 5.74) is 8.96. The molecule has 3 aromatic rings. The van der Waals surface area contributed by atoms with Crippen LogP contribution in [0.5, 0.6) is 0 Å². The van der Waals surface area contributed by atoms with Crippen molar-refractivity contribution in [1.82, 2.24) is 19.8 Å². The standard InChI is InChI=1S/C25H31N7O3S/c1-34-16-22(33)31-7-5-30(6-8-31)15-17-13-21-23(36-17)25(32-9-11-35-12-10-32)29-24(28-21)18-3-2-4-20(27)19(18)14-26/h2-4,13-14,26H,5-12,15-16,27H2,1H3. The second-order valence-electron chi connectivity index (χ2n) is 8.94. The lowest BCUT2D eigenvalue weighted by molar-refractivity contribution is -0.136. The van der Waals surface area contributed by atoms with Crippen LogP contribution in [-0.4, -0.2) is 98.1 Å². The maximum absolute atomic E-state index is 12.1. The third-order valence-corrected chi connectivity index (χ3v) is 7.72. The summed E-state index contributed by atoms with van der Waals surface area (Å²) < 4.78 is 11.6. The Morgan fingerprint density at radius 3 is 2.69 bits per heavy atom. The highest BCUT2D eigenvalue weighted by Crippen LogP contribution is 2.36. The highest BCUT2D eigenvalue weighted by Gasteiger charge is 2.24. The van der Waals surface area contributed by atoms with Crippen LogP contribution in [0.3, 0.4) is 0 Å². The van der Waals surface area contributed by atoms with E-state index in [1.807, 2.05) is 17.0 Å². The number of morpholine rings is 1. The monoisotopic (exact) mass is 509 g/mol. The van der Waals surface area contributed by atoms with Crippen LogP contribution in [0, 0.1) is 5.41 Å². The largest absolute Gasteiger partial charge is 0.398 e. The molecule has 190 valence electrons. The molecular formula is C25H31N7O3S. The predicted molar refractivity (Wildman–Crippen MR) is 142 cm³/mol. The molecule has 11 heteroatoms. The molecule has 2 aliphatic rings. The van der Waals surface area contributed by atoms with Gasteiger partial charge in [-0.3, -0.25) is 9.69 Å². The number of rotatable bonds is 7. The van der Waals surface area contributed by atoms with Crippen LogP contribution in [0.25, 0.3) is 21.6 Å². The third kappa shape index (κ3) is 5.05. The van der Waals surface area contributed by atoms with Gasteiger partial charge in [-0.15, -0.1) is 11.3 Å². The molecule has 0 atom stereocenters. The zero-order valence-corrected chi connectivity index (χ0v) is 21.2. The van der Waals surface area contributed by atoms with E-state index < -0.39 is 0 Å². The Hall–Kier alpha value is -3.12. The van der Waals surface area contributed by atoms with Gasteiger partial charge in [0.2, 0.25) is 5.91 Å². The number of carbonyl (C=O) groups excluding carboxylic acids is 1. The number of methoxy groups -OCH3 is 1. The molecule has 1 amide bonds. The minimum atomic E-state index is 0.0443. The Morgan fingerprint density at radius 2 is 1.97 bits per heavy atom. The van der Waals surface area contributed by atoms with Crippen molar-refractivity contribution in [2.24, 2.45) is 0 Å². The quantitative estimate of drug-likeness (QED) is 0.367. The number of fused-ring (bicyclic) bond motifs is 1. The summed E-state index contributed by atoms with van der Waals surface area (Å²) in [6, 6.07) is 7.72. The maximum Gasteiger partial charge on any atom is 0.248 e. The molecule has 0 unspecified atom stereocenters. The van der Waals surface area contributed by atoms with Crippen LogP contribution < -0.4 is 10.6 Å². The van der Waals surface area contributed by atoms with Crippen molar-refractivity contribution in [3.8, 4) is 11.4 Å². The number of nitrogen functional groups attached to an aromatic ring is 1. The topological polar surface area (TPSA) is 121 Å². The lowest BCUT2D eigenvalue weighted by Crippen LogP contribution is -2.49. The zero-order valence-electron chi connectivity index (χ0n) is 20.4. The summed E-state index contributed by atoms with van der Waals surface area (Å²) in [5.74, 6) is 1.52. The van der Waals surface area contributed by atoms with Crippen molar-refractivity contribution < 1.29 is 14.3 Å². The maximum atomic E-state index is 12.1. The molecule has 5 rings (SSSR count). The summed E-state index contributed by atoms with van der Waals surface area (Å²) in [5, 5.41) is 7.88. The number of benzene rings is 1. The van der Waals surface area contributed by atoms with Crippen molar-refractivity contribution in [1.29, 1.82) is 5.41 Å². The molecule has 2 saturated heterocycles. The average molecular weight is 510 g/mol. The molecule has 0 bridgehead atoms. The summed E-state index contributed by atoms with van der Waals surface area (Å²) in [6.45, 7) is 6.85. The molecule has 0 radical (unpaired) electrons. The van der Waals surface area contributed by atoms with Gasteiger partial charge in [-0.05, 0) is 12.1 Å². The van der Waals surface area contributed by atoms with Gasteiger partial charge in [0.25, 0.3) is 0 Å². The van der Waals surface area contributed by atoms with Crippen LogP contribution in [0.1, 0.15) is 10.4 Å². The zero-order chi connectivity index (χ0) is 25.1. The number of carbonyl (C=O) groups is 1. The second-order valence-corrected chi connectivity index (χ2v) is 10.1. The summed E-state index contributed by atoms with van der Waals surface area (Å²) in [6.07, 6.45) is 1.27. The van der Waals surface area contributed by atoms with E-state index in [0.717, 1.165) is 54.3 Å². The first kappa shape index (κ1) is 24.6. The molecule has 2 aromatic heterocycles. The molecule has 0 spiro atoms. The number of aromatic nitrogens is 2. The van der Waals surface area contributed by atoms with E-state index in [9.17, 15) is 4.79 Å². The van der Waals surface area contributed by atoms with Gasteiger partial charge in [0.1, 0.15) is 6.61 Å². The third-order valence-electron chi connectivity index (χ3n) is 6.61. The first-order chi connectivity index (χ1) is 17.6. The van der Waals surface area contributed by atoms with E-state index in [1.54, 1.807) is 24.5 Å². The molecule has 36 heavy (non-hydrogen) atoms.